The number of hydrogen-bond acceptors (Lipinski definition) is 5. The third-order valence-corrected chi connectivity index (χ3v) is 15.0. The molecule has 3 nitrogen and oxygen atoms in total. The maximum Gasteiger partial charge on any atom is 0.460 e. The van der Waals surface area contributed by atoms with Crippen LogP contribution in [0, 0.1) is 13.8 Å². The van der Waals surface area contributed by atoms with E-state index in [2.05, 4.69) is 0 Å². The summed E-state index contributed by atoms with van der Waals surface area (Å²) in [6.07, 6.45) is -7.23. The van der Waals surface area contributed by atoms with Crippen LogP contribution in [0.25, 0.3) is 20.9 Å². The fraction of sp³-hybridized carbons (Fsp3) is 0.188. The lowest BCUT2D eigenvalue weighted by Crippen LogP contribution is -2.63. The van der Waals surface area contributed by atoms with Crippen LogP contribution in [0.4, 0.5) is 39.5 Å². The van der Waals surface area contributed by atoms with Crippen LogP contribution in [-0.4, -0.2) is 31.7 Å². The van der Waals surface area contributed by atoms with Crippen LogP contribution in [0.2, 0.25) is 0 Å². The summed E-state index contributed by atoms with van der Waals surface area (Å²) in [5.74, 6) is -14.9. The molecule has 5 aromatic rings. The van der Waals surface area contributed by atoms with Crippen molar-refractivity contribution in [3.8, 4) is 20.9 Å². The predicted molar refractivity (Wildman–Crippen MR) is 169 cm³/mol. The molecule has 2 aromatic heterocycles. The molecule has 0 spiro atoms. The summed E-state index contributed by atoms with van der Waals surface area (Å²) < 4.78 is 158. The van der Waals surface area contributed by atoms with Gasteiger partial charge >= 0.3 is 33.4 Å². The summed E-state index contributed by atoms with van der Waals surface area (Å²) in [7, 11) is -11.4. The minimum atomic E-state index is -7.46. The largest absolute Gasteiger partial charge is 0.460 e. The van der Waals surface area contributed by atoms with Crippen molar-refractivity contribution in [2.45, 2.75) is 51.1 Å². The number of hydrogen-bond donors (Lipinski definition) is 0. The van der Waals surface area contributed by atoms with Gasteiger partial charge in [0.25, 0.3) is 0 Å². The topological polar surface area (TPSA) is 43.4 Å². The Hall–Kier alpha value is -3.31. The first-order chi connectivity index (χ1) is 22.2. The smallest absolute Gasteiger partial charge is 0.201 e. The first-order valence-electron chi connectivity index (χ1n) is 13.6. The van der Waals surface area contributed by atoms with Crippen molar-refractivity contribution in [2.75, 3.05) is 0 Å². The molecule has 0 fully saturated rings. The highest BCUT2D eigenvalue weighted by molar-refractivity contribution is 8.34. The summed E-state index contributed by atoms with van der Waals surface area (Å²) in [4.78, 5) is 1.16. The number of alkyl halides is 9. The zero-order valence-corrected chi connectivity index (χ0v) is 27.8. The van der Waals surface area contributed by atoms with E-state index in [1.54, 1.807) is 26.0 Å². The van der Waals surface area contributed by atoms with Crippen molar-refractivity contribution < 1.29 is 51.6 Å². The van der Waals surface area contributed by atoms with Gasteiger partial charge in [-0.2, -0.15) is 47.9 Å². The second kappa shape index (κ2) is 12.5. The molecule has 3 aromatic carbocycles. The van der Waals surface area contributed by atoms with Crippen molar-refractivity contribution in [2.24, 2.45) is 0 Å². The molecule has 0 radical (unpaired) electrons. The Bertz CT molecular complexity index is 1940. The molecule has 0 aliphatic carbocycles. The maximum absolute atomic E-state index is 15.2. The highest BCUT2D eigenvalue weighted by Gasteiger charge is 2.86. The van der Waals surface area contributed by atoms with E-state index in [0.717, 1.165) is 21.8 Å². The molecule has 0 atom stereocenters. The molecule has 256 valence electrons. The quantitative estimate of drug-likeness (QED) is 0.133. The van der Waals surface area contributed by atoms with Gasteiger partial charge < -0.3 is 0 Å². The number of aryl methyl sites for hydroxylation is 2. The minimum Gasteiger partial charge on any atom is -0.201 e. The Morgan fingerprint density at radius 3 is 1.50 bits per heavy atom. The average Bonchev–Trinajstić information content (AvgIpc) is 3.74. The Kier molecular flexibility index (Phi) is 9.40. The Balaban J connectivity index is 1.73. The van der Waals surface area contributed by atoms with Gasteiger partial charge in [0.2, 0.25) is 0 Å². The lowest BCUT2D eigenvalue weighted by atomic mass is 10.1. The van der Waals surface area contributed by atoms with Gasteiger partial charge in [0.05, 0.1) is 4.21 Å². The predicted octanol–water partition coefficient (Wildman–Crippen LogP) is 11.7. The Labute approximate surface area is 279 Å². The normalized spacial score (nSPS) is 13.9. The number of thiophene rings is 2. The molecule has 48 heavy (non-hydrogen) atoms. The van der Waals surface area contributed by atoms with Gasteiger partial charge in [0.1, 0.15) is 0 Å². The maximum atomic E-state index is 15.2. The Morgan fingerprint density at radius 1 is 0.583 bits per heavy atom. The van der Waals surface area contributed by atoms with Crippen molar-refractivity contribution in [1.29, 1.82) is 0 Å². The van der Waals surface area contributed by atoms with E-state index in [1.807, 2.05) is 29.6 Å². The molecule has 0 aliphatic rings. The highest BCUT2D eigenvalue weighted by Crippen LogP contribution is 2.73. The fourth-order valence-corrected chi connectivity index (χ4v) is 12.3. The van der Waals surface area contributed by atoms with Gasteiger partial charge in [-0.05, 0) is 83.1 Å². The van der Waals surface area contributed by atoms with Gasteiger partial charge in [-0.3, -0.25) is 0 Å². The van der Waals surface area contributed by atoms with E-state index in [-0.39, 0.29) is 14.0 Å². The standard InChI is InChI=1S/C32H23F9O3S4/c1-20-5-13-24(14-6-20)47(25-15-7-21(2)8-16-25,44-48(42,43)32(40,41)30(35,36)29(33,34)31(37,38)39)28-18-17-27(46-28)23-11-9-22(10-12-23)26-4-3-19-45-26/h3-19H,1-2H3. The zero-order chi connectivity index (χ0) is 35.3. The summed E-state index contributed by atoms with van der Waals surface area (Å²) in [6, 6.07) is 24.6. The molecule has 0 unspecified atom stereocenters. The van der Waals surface area contributed by atoms with Gasteiger partial charge in [-0.25, -0.2) is 3.63 Å². The van der Waals surface area contributed by atoms with Crippen LogP contribution in [0.1, 0.15) is 11.1 Å². The van der Waals surface area contributed by atoms with Gasteiger partial charge in [0, 0.05) is 19.5 Å². The van der Waals surface area contributed by atoms with Crippen LogP contribution >= 0.6 is 33.0 Å². The average molecular weight is 755 g/mol. The molecule has 0 saturated heterocycles. The summed E-state index contributed by atoms with van der Waals surface area (Å²) in [5, 5.41) is -5.16. The van der Waals surface area contributed by atoms with E-state index < -0.39 is 43.7 Å². The Morgan fingerprint density at radius 2 is 1.06 bits per heavy atom. The van der Waals surface area contributed by atoms with Crippen molar-refractivity contribution >= 4 is 43.1 Å². The zero-order valence-electron chi connectivity index (χ0n) is 24.6. The highest BCUT2D eigenvalue weighted by atomic mass is 32.3. The first kappa shape index (κ1) is 36.0. The van der Waals surface area contributed by atoms with Crippen LogP contribution in [0.3, 0.4) is 0 Å². The third kappa shape index (κ3) is 6.06. The van der Waals surface area contributed by atoms with E-state index in [0.29, 0.717) is 21.6 Å². The molecular formula is C32H23F9O3S4. The van der Waals surface area contributed by atoms with Crippen LogP contribution in [0.5, 0.6) is 0 Å². The molecule has 0 aliphatic heterocycles. The molecule has 0 bridgehead atoms. The fourth-order valence-electron chi connectivity index (χ4n) is 4.51. The molecule has 2 heterocycles. The van der Waals surface area contributed by atoms with E-state index >= 15 is 8.78 Å². The molecule has 16 heteroatoms. The van der Waals surface area contributed by atoms with Gasteiger partial charge in [-0.15, -0.1) is 22.7 Å². The number of benzene rings is 3. The second-order valence-electron chi connectivity index (χ2n) is 10.5. The SMILES string of the molecule is Cc1ccc(S(OS(=O)(=O)C(F)(F)C(F)(F)C(F)(F)C(F)(F)F)(c2ccc(C)cc2)c2ccc(-c3ccc(-c4cccs4)cc3)s2)cc1. The van der Waals surface area contributed by atoms with Crippen LogP contribution in [-0.2, 0) is 13.7 Å². The molecule has 0 N–H and O–H groups in total. The monoisotopic (exact) mass is 754 g/mol. The number of halogens is 9. The third-order valence-electron chi connectivity index (χ3n) is 7.17. The van der Waals surface area contributed by atoms with E-state index in [1.165, 1.54) is 72.0 Å². The van der Waals surface area contributed by atoms with Crippen LogP contribution < -0.4 is 0 Å². The summed E-state index contributed by atoms with van der Waals surface area (Å²) in [6.45, 7) is 3.28. The van der Waals surface area contributed by atoms with Gasteiger partial charge in [-0.1, -0.05) is 65.7 Å². The lowest BCUT2D eigenvalue weighted by Gasteiger charge is -2.40. The second-order valence-corrected chi connectivity index (χ2v) is 17.3. The van der Waals surface area contributed by atoms with Gasteiger partial charge in [0.15, 0.2) is 0 Å². The first-order valence-corrected chi connectivity index (χ1v) is 18.3. The van der Waals surface area contributed by atoms with Crippen molar-refractivity contribution in [1.82, 2.24) is 0 Å². The summed E-state index contributed by atoms with van der Waals surface area (Å²) >= 11 is 2.36. The van der Waals surface area contributed by atoms with E-state index in [4.69, 9.17) is 3.63 Å². The lowest BCUT2D eigenvalue weighted by molar-refractivity contribution is -0.382. The number of rotatable bonds is 10. The summed E-state index contributed by atoms with van der Waals surface area (Å²) in [5.41, 5.74) is 2.70. The molecule has 5 rings (SSSR count). The molecule has 0 amide bonds. The van der Waals surface area contributed by atoms with Crippen molar-refractivity contribution in [3.63, 3.8) is 0 Å². The minimum absolute atomic E-state index is 0.0992. The van der Waals surface area contributed by atoms with E-state index in [9.17, 15) is 39.2 Å². The van der Waals surface area contributed by atoms with Crippen molar-refractivity contribution in [3.05, 3.63) is 114 Å². The molecular weight excluding hydrogens is 732 g/mol. The van der Waals surface area contributed by atoms with Crippen LogP contribution in [0.15, 0.2) is 116 Å². The molecule has 0 saturated carbocycles.